The van der Waals surface area contributed by atoms with Crippen molar-refractivity contribution in [3.8, 4) is 11.5 Å². The van der Waals surface area contributed by atoms with Gasteiger partial charge in [-0.3, -0.25) is 4.79 Å². The van der Waals surface area contributed by atoms with Gasteiger partial charge in [0, 0.05) is 5.56 Å². The third-order valence-corrected chi connectivity index (χ3v) is 5.66. The third kappa shape index (κ3) is 6.21. The first-order valence-electron chi connectivity index (χ1n) is 11.0. The number of ether oxygens (including phenoxy) is 2. The Hall–Kier alpha value is -3.07. The minimum absolute atomic E-state index is 0.137. The van der Waals surface area contributed by atoms with Crippen LogP contribution in [0.2, 0.25) is 0 Å². The highest BCUT2D eigenvalue weighted by molar-refractivity contribution is 5.95. The van der Waals surface area contributed by atoms with Gasteiger partial charge in [-0.05, 0) is 97.7 Å². The maximum absolute atomic E-state index is 11.9. The van der Waals surface area contributed by atoms with Crippen LogP contribution in [0.3, 0.4) is 0 Å². The van der Waals surface area contributed by atoms with Crippen molar-refractivity contribution in [1.82, 2.24) is 0 Å². The highest BCUT2D eigenvalue weighted by atomic mass is 16.5. The van der Waals surface area contributed by atoms with Crippen molar-refractivity contribution in [3.05, 3.63) is 94.0 Å². The monoisotopic (exact) mass is 416 g/mol. The van der Waals surface area contributed by atoms with Crippen LogP contribution in [-0.4, -0.2) is 19.5 Å². The minimum Gasteiger partial charge on any atom is -0.497 e. The molecular formula is C28H32O3. The molecule has 0 aliphatic carbocycles. The molecular weight excluding hydrogens is 384 g/mol. The van der Waals surface area contributed by atoms with Gasteiger partial charge in [-0.15, -0.1) is 0 Å². The summed E-state index contributed by atoms with van der Waals surface area (Å²) < 4.78 is 11.4. The zero-order chi connectivity index (χ0) is 22.2. The molecule has 0 unspecified atom stereocenters. The number of Topliss-reactive ketones (excluding diaryl/α,β-unsaturated/α-hetero) is 1. The number of ketones is 1. The highest BCUT2D eigenvalue weighted by Gasteiger charge is 2.08. The Kier molecular flexibility index (Phi) is 7.88. The average Bonchev–Trinajstić information content (AvgIpc) is 2.78. The Balaban J connectivity index is 1.56. The molecule has 0 bridgehead atoms. The summed E-state index contributed by atoms with van der Waals surface area (Å²) in [4.78, 5) is 11.9. The van der Waals surface area contributed by atoms with Gasteiger partial charge in [0.15, 0.2) is 5.78 Å². The molecule has 0 fully saturated rings. The predicted molar refractivity (Wildman–Crippen MR) is 127 cm³/mol. The second kappa shape index (κ2) is 10.8. The summed E-state index contributed by atoms with van der Waals surface area (Å²) >= 11 is 0. The van der Waals surface area contributed by atoms with E-state index in [9.17, 15) is 4.79 Å². The summed E-state index contributed by atoms with van der Waals surface area (Å²) in [6.07, 6.45) is 3.52. The van der Waals surface area contributed by atoms with Gasteiger partial charge in [0.1, 0.15) is 11.5 Å². The molecule has 31 heavy (non-hydrogen) atoms. The maximum Gasteiger partial charge on any atom is 0.160 e. The van der Waals surface area contributed by atoms with Crippen LogP contribution >= 0.6 is 0 Å². The van der Waals surface area contributed by atoms with Crippen molar-refractivity contribution in [2.24, 2.45) is 0 Å². The van der Waals surface area contributed by atoms with Gasteiger partial charge in [0.2, 0.25) is 0 Å². The summed E-state index contributed by atoms with van der Waals surface area (Å²) in [7, 11) is 1.70. The summed E-state index contributed by atoms with van der Waals surface area (Å²) in [6, 6.07) is 20.7. The van der Waals surface area contributed by atoms with Crippen molar-refractivity contribution in [1.29, 1.82) is 0 Å². The molecule has 0 aliphatic heterocycles. The summed E-state index contributed by atoms with van der Waals surface area (Å²) in [5.74, 6) is 1.91. The summed E-state index contributed by atoms with van der Waals surface area (Å²) in [6.45, 7) is 6.49. The van der Waals surface area contributed by atoms with E-state index in [1.165, 1.54) is 22.3 Å². The number of rotatable bonds is 10. The Labute approximate surface area is 186 Å². The summed E-state index contributed by atoms with van der Waals surface area (Å²) in [5.41, 5.74) is 6.89. The smallest absolute Gasteiger partial charge is 0.160 e. The molecule has 3 heteroatoms. The lowest BCUT2D eigenvalue weighted by Crippen LogP contribution is -2.03. The number of hydrogen-bond donors (Lipinski definition) is 0. The fraction of sp³-hybridized carbons (Fsp3) is 0.321. The molecule has 0 aromatic heterocycles. The second-order valence-electron chi connectivity index (χ2n) is 7.97. The normalized spacial score (nSPS) is 10.7. The zero-order valence-corrected chi connectivity index (χ0v) is 19.0. The van der Waals surface area contributed by atoms with E-state index < -0.39 is 0 Å². The fourth-order valence-corrected chi connectivity index (χ4v) is 3.81. The van der Waals surface area contributed by atoms with E-state index in [4.69, 9.17) is 9.47 Å². The SMILES string of the molecule is CCc1ccc(CCCOc2cccc(Cc3cc(OC)ccc3C)c2)cc1C(C)=O. The second-order valence-corrected chi connectivity index (χ2v) is 7.97. The van der Waals surface area contributed by atoms with Crippen LogP contribution in [0.5, 0.6) is 11.5 Å². The van der Waals surface area contributed by atoms with Crippen molar-refractivity contribution < 1.29 is 14.3 Å². The van der Waals surface area contributed by atoms with Crippen LogP contribution in [-0.2, 0) is 19.3 Å². The largest absolute Gasteiger partial charge is 0.497 e. The molecule has 0 saturated heterocycles. The van der Waals surface area contributed by atoms with E-state index in [0.717, 1.165) is 48.3 Å². The van der Waals surface area contributed by atoms with Gasteiger partial charge >= 0.3 is 0 Å². The molecule has 3 aromatic carbocycles. The lowest BCUT2D eigenvalue weighted by Gasteiger charge is -2.11. The zero-order valence-electron chi connectivity index (χ0n) is 19.0. The van der Waals surface area contributed by atoms with Gasteiger partial charge in [-0.25, -0.2) is 0 Å². The van der Waals surface area contributed by atoms with Crippen LogP contribution in [0.15, 0.2) is 60.7 Å². The van der Waals surface area contributed by atoms with E-state index in [1.54, 1.807) is 14.0 Å². The summed E-state index contributed by atoms with van der Waals surface area (Å²) in [5, 5.41) is 0. The molecule has 0 radical (unpaired) electrons. The molecule has 162 valence electrons. The first-order chi connectivity index (χ1) is 15.0. The number of carbonyl (C=O) groups excluding carboxylic acids is 1. The molecule has 3 rings (SSSR count). The van der Waals surface area contributed by atoms with E-state index in [0.29, 0.717) is 6.61 Å². The molecule has 0 amide bonds. The molecule has 0 aliphatic rings. The number of aryl methyl sites for hydroxylation is 3. The Morgan fingerprint density at radius 3 is 2.48 bits per heavy atom. The van der Waals surface area contributed by atoms with E-state index in [1.807, 2.05) is 24.3 Å². The predicted octanol–water partition coefficient (Wildman–Crippen LogP) is 6.37. The fourth-order valence-electron chi connectivity index (χ4n) is 3.81. The van der Waals surface area contributed by atoms with Crippen LogP contribution in [0.25, 0.3) is 0 Å². The molecule has 3 nitrogen and oxygen atoms in total. The maximum atomic E-state index is 11.9. The van der Waals surface area contributed by atoms with E-state index in [-0.39, 0.29) is 5.78 Å². The standard InChI is InChI=1S/C28H32O3/c1-5-24-13-12-22(18-28(24)21(3)29)9-7-15-31-27-10-6-8-23(17-27)16-25-19-26(30-4)14-11-20(25)2/h6,8,10-14,17-19H,5,7,9,15-16H2,1-4H3. The van der Waals surface area contributed by atoms with Gasteiger partial charge < -0.3 is 9.47 Å². The molecule has 0 saturated carbocycles. The topological polar surface area (TPSA) is 35.5 Å². The van der Waals surface area contributed by atoms with E-state index >= 15 is 0 Å². The highest BCUT2D eigenvalue weighted by Crippen LogP contribution is 2.22. The Bertz CT molecular complexity index is 1040. The first-order valence-corrected chi connectivity index (χ1v) is 11.0. The van der Waals surface area contributed by atoms with Crippen molar-refractivity contribution in [2.75, 3.05) is 13.7 Å². The van der Waals surface area contributed by atoms with Crippen LogP contribution in [0.1, 0.15) is 58.4 Å². The number of benzene rings is 3. The van der Waals surface area contributed by atoms with Gasteiger partial charge in [-0.2, -0.15) is 0 Å². The van der Waals surface area contributed by atoms with Crippen molar-refractivity contribution >= 4 is 5.78 Å². The Morgan fingerprint density at radius 2 is 1.74 bits per heavy atom. The first kappa shape index (κ1) is 22.6. The quantitative estimate of drug-likeness (QED) is 0.284. The van der Waals surface area contributed by atoms with Crippen molar-refractivity contribution in [3.63, 3.8) is 0 Å². The van der Waals surface area contributed by atoms with Crippen LogP contribution in [0, 0.1) is 6.92 Å². The molecule has 0 atom stereocenters. The van der Waals surface area contributed by atoms with Gasteiger partial charge in [-0.1, -0.05) is 37.3 Å². The number of carbonyl (C=O) groups is 1. The lowest BCUT2D eigenvalue weighted by atomic mass is 9.97. The lowest BCUT2D eigenvalue weighted by molar-refractivity contribution is 0.101. The van der Waals surface area contributed by atoms with Gasteiger partial charge in [0.05, 0.1) is 13.7 Å². The minimum atomic E-state index is 0.137. The molecule has 0 heterocycles. The van der Waals surface area contributed by atoms with Crippen LogP contribution < -0.4 is 9.47 Å². The Morgan fingerprint density at radius 1 is 0.903 bits per heavy atom. The molecule has 0 spiro atoms. The average molecular weight is 417 g/mol. The van der Waals surface area contributed by atoms with Crippen molar-refractivity contribution in [2.45, 2.75) is 46.5 Å². The van der Waals surface area contributed by atoms with Crippen LogP contribution in [0.4, 0.5) is 0 Å². The number of methoxy groups -OCH3 is 1. The third-order valence-electron chi connectivity index (χ3n) is 5.66. The van der Waals surface area contributed by atoms with Gasteiger partial charge in [0.25, 0.3) is 0 Å². The number of hydrogen-bond acceptors (Lipinski definition) is 3. The van der Waals surface area contributed by atoms with E-state index in [2.05, 4.69) is 50.2 Å². The molecule has 3 aromatic rings. The molecule has 0 N–H and O–H groups in total.